The molecule has 19 heavy (non-hydrogen) atoms. The summed E-state index contributed by atoms with van der Waals surface area (Å²) in [5, 5.41) is 3.32. The molecule has 1 aromatic carbocycles. The maximum Gasteiger partial charge on any atom is 0.122 e. The molecule has 102 valence electrons. The summed E-state index contributed by atoms with van der Waals surface area (Å²) in [5.74, 6) is 0.932. The predicted octanol–water partition coefficient (Wildman–Crippen LogP) is 2.24. The number of aryl methyl sites for hydroxylation is 2. The van der Waals surface area contributed by atoms with E-state index in [9.17, 15) is 0 Å². The zero-order chi connectivity index (χ0) is 13.8. The molecule has 1 unspecified atom stereocenters. The van der Waals surface area contributed by atoms with Crippen molar-refractivity contribution >= 4 is 0 Å². The number of nitrogens with zero attached hydrogens (tertiary/aromatic N) is 2. The molecule has 2 aromatic rings. The Bertz CT molecular complexity index is 548. The normalized spacial score (nSPS) is 12.4. The van der Waals surface area contributed by atoms with E-state index in [0.717, 1.165) is 17.9 Å². The van der Waals surface area contributed by atoms with Crippen molar-refractivity contribution in [3.63, 3.8) is 0 Å². The minimum Gasteiger partial charge on any atom is -0.496 e. The number of hydrogen-bond donors (Lipinski definition) is 1. The molecule has 1 aromatic heterocycles. The molecule has 0 aliphatic heterocycles. The third kappa shape index (κ3) is 3.15. The van der Waals surface area contributed by atoms with Crippen molar-refractivity contribution < 1.29 is 4.74 Å². The Morgan fingerprint density at radius 1 is 1.42 bits per heavy atom. The Labute approximate surface area is 114 Å². The van der Waals surface area contributed by atoms with Crippen LogP contribution in [0.3, 0.4) is 0 Å². The van der Waals surface area contributed by atoms with Crippen molar-refractivity contribution in [2.75, 3.05) is 14.2 Å². The molecule has 0 aliphatic carbocycles. The van der Waals surface area contributed by atoms with E-state index in [2.05, 4.69) is 29.4 Å². The van der Waals surface area contributed by atoms with Gasteiger partial charge in [0, 0.05) is 13.2 Å². The van der Waals surface area contributed by atoms with Crippen LogP contribution < -0.4 is 10.1 Å². The van der Waals surface area contributed by atoms with Crippen LogP contribution in [0.25, 0.3) is 0 Å². The van der Waals surface area contributed by atoms with Gasteiger partial charge in [-0.15, -0.1) is 0 Å². The zero-order valence-corrected chi connectivity index (χ0v) is 12.0. The van der Waals surface area contributed by atoms with Crippen LogP contribution in [0.15, 0.2) is 30.7 Å². The lowest BCUT2D eigenvalue weighted by atomic mass is 10.0. The number of likely N-dealkylation sites (N-methyl/N-ethyl adjacent to an activating group) is 1. The standard InChI is InChI=1S/C15H21N3O/c1-11-5-6-15(19-4)12(7-11)8-13(16-2)14-9-18(3)10-17-14/h5-7,9-10,13,16H,8H2,1-4H3. The second-order valence-corrected chi connectivity index (χ2v) is 4.82. The summed E-state index contributed by atoms with van der Waals surface area (Å²) < 4.78 is 7.40. The van der Waals surface area contributed by atoms with Crippen molar-refractivity contribution in [2.24, 2.45) is 7.05 Å². The lowest BCUT2D eigenvalue weighted by molar-refractivity contribution is 0.406. The summed E-state index contributed by atoms with van der Waals surface area (Å²) >= 11 is 0. The zero-order valence-electron chi connectivity index (χ0n) is 12.0. The van der Waals surface area contributed by atoms with Crippen LogP contribution >= 0.6 is 0 Å². The van der Waals surface area contributed by atoms with Crippen molar-refractivity contribution in [2.45, 2.75) is 19.4 Å². The van der Waals surface area contributed by atoms with Gasteiger partial charge < -0.3 is 14.6 Å². The van der Waals surface area contributed by atoms with Gasteiger partial charge in [-0.2, -0.15) is 0 Å². The third-order valence-electron chi connectivity index (χ3n) is 3.29. The Hall–Kier alpha value is -1.81. The average Bonchev–Trinajstić information content (AvgIpc) is 2.82. The van der Waals surface area contributed by atoms with Gasteiger partial charge in [-0.1, -0.05) is 17.7 Å². The maximum atomic E-state index is 5.43. The van der Waals surface area contributed by atoms with Crippen LogP contribution in [-0.2, 0) is 13.5 Å². The third-order valence-corrected chi connectivity index (χ3v) is 3.29. The molecule has 1 N–H and O–H groups in total. The van der Waals surface area contributed by atoms with Crippen LogP contribution in [0.5, 0.6) is 5.75 Å². The van der Waals surface area contributed by atoms with E-state index in [1.54, 1.807) is 7.11 Å². The van der Waals surface area contributed by atoms with E-state index in [1.165, 1.54) is 11.1 Å². The van der Waals surface area contributed by atoms with Crippen molar-refractivity contribution in [1.29, 1.82) is 0 Å². The van der Waals surface area contributed by atoms with Gasteiger partial charge in [0.1, 0.15) is 5.75 Å². The van der Waals surface area contributed by atoms with Gasteiger partial charge in [0.15, 0.2) is 0 Å². The molecular weight excluding hydrogens is 238 g/mol. The van der Waals surface area contributed by atoms with Crippen molar-refractivity contribution in [1.82, 2.24) is 14.9 Å². The Kier molecular flexibility index (Phi) is 4.22. The topological polar surface area (TPSA) is 39.1 Å². The Balaban J connectivity index is 2.25. The van der Waals surface area contributed by atoms with Gasteiger partial charge in [0.2, 0.25) is 0 Å². The van der Waals surface area contributed by atoms with Crippen LogP contribution in [0.4, 0.5) is 0 Å². The Morgan fingerprint density at radius 3 is 2.79 bits per heavy atom. The highest BCUT2D eigenvalue weighted by Gasteiger charge is 2.15. The fourth-order valence-electron chi connectivity index (χ4n) is 2.25. The second kappa shape index (κ2) is 5.89. The van der Waals surface area contributed by atoms with E-state index in [1.807, 2.05) is 37.3 Å². The van der Waals surface area contributed by atoms with Crippen LogP contribution in [0.2, 0.25) is 0 Å². The number of imidazole rings is 1. The highest BCUT2D eigenvalue weighted by molar-refractivity contribution is 5.37. The highest BCUT2D eigenvalue weighted by atomic mass is 16.5. The van der Waals surface area contributed by atoms with Crippen molar-refractivity contribution in [3.05, 3.63) is 47.5 Å². The predicted molar refractivity (Wildman–Crippen MR) is 76.4 cm³/mol. The van der Waals surface area contributed by atoms with Gasteiger partial charge in [0.05, 0.1) is 25.2 Å². The number of nitrogens with one attached hydrogen (secondary N) is 1. The molecule has 4 heteroatoms. The number of hydrogen-bond acceptors (Lipinski definition) is 3. The molecule has 0 bridgehead atoms. The number of methoxy groups -OCH3 is 1. The number of ether oxygens (including phenoxy) is 1. The average molecular weight is 259 g/mol. The van der Waals surface area contributed by atoms with E-state index in [0.29, 0.717) is 0 Å². The van der Waals surface area contributed by atoms with Gasteiger partial charge >= 0.3 is 0 Å². The number of benzene rings is 1. The first-order chi connectivity index (χ1) is 9.13. The van der Waals surface area contributed by atoms with Gasteiger partial charge in [-0.3, -0.25) is 0 Å². The summed E-state index contributed by atoms with van der Waals surface area (Å²) in [6, 6.07) is 6.45. The van der Waals surface area contributed by atoms with Gasteiger partial charge in [0.25, 0.3) is 0 Å². The molecular formula is C15H21N3O. The maximum absolute atomic E-state index is 5.43. The van der Waals surface area contributed by atoms with Crippen LogP contribution in [0, 0.1) is 6.92 Å². The summed E-state index contributed by atoms with van der Waals surface area (Å²) in [5.41, 5.74) is 3.49. The molecule has 0 spiro atoms. The molecule has 1 heterocycles. The molecule has 1 atom stereocenters. The van der Waals surface area contributed by atoms with Gasteiger partial charge in [-0.05, 0) is 32.0 Å². The minimum atomic E-state index is 0.192. The molecule has 4 nitrogen and oxygen atoms in total. The lowest BCUT2D eigenvalue weighted by Gasteiger charge is -2.16. The lowest BCUT2D eigenvalue weighted by Crippen LogP contribution is -2.19. The largest absolute Gasteiger partial charge is 0.496 e. The second-order valence-electron chi connectivity index (χ2n) is 4.82. The van der Waals surface area contributed by atoms with E-state index >= 15 is 0 Å². The van der Waals surface area contributed by atoms with Crippen LogP contribution in [-0.4, -0.2) is 23.7 Å². The number of rotatable bonds is 5. The summed E-state index contributed by atoms with van der Waals surface area (Å²) in [6.45, 7) is 2.10. The minimum absolute atomic E-state index is 0.192. The highest BCUT2D eigenvalue weighted by Crippen LogP contribution is 2.25. The summed E-state index contributed by atoms with van der Waals surface area (Å²) in [6.07, 6.45) is 4.73. The quantitative estimate of drug-likeness (QED) is 0.895. The summed E-state index contributed by atoms with van der Waals surface area (Å²) in [4.78, 5) is 4.42. The van der Waals surface area contributed by atoms with E-state index < -0.39 is 0 Å². The molecule has 0 amide bonds. The van der Waals surface area contributed by atoms with E-state index in [-0.39, 0.29) is 6.04 Å². The first-order valence-electron chi connectivity index (χ1n) is 6.42. The van der Waals surface area contributed by atoms with E-state index in [4.69, 9.17) is 4.74 Å². The molecule has 0 aliphatic rings. The van der Waals surface area contributed by atoms with Crippen LogP contribution in [0.1, 0.15) is 22.9 Å². The Morgan fingerprint density at radius 2 is 2.21 bits per heavy atom. The SMILES string of the molecule is CNC(Cc1cc(C)ccc1OC)c1cn(C)cn1. The number of aromatic nitrogens is 2. The molecule has 0 saturated heterocycles. The fraction of sp³-hybridized carbons (Fsp3) is 0.400. The monoisotopic (exact) mass is 259 g/mol. The molecule has 0 radical (unpaired) electrons. The van der Waals surface area contributed by atoms with Gasteiger partial charge in [-0.25, -0.2) is 4.98 Å². The first-order valence-corrected chi connectivity index (χ1v) is 6.42. The fourth-order valence-corrected chi connectivity index (χ4v) is 2.25. The molecule has 2 rings (SSSR count). The molecule has 0 fully saturated rings. The van der Waals surface area contributed by atoms with Crippen molar-refractivity contribution in [3.8, 4) is 5.75 Å². The molecule has 0 saturated carbocycles. The smallest absolute Gasteiger partial charge is 0.122 e. The first kappa shape index (κ1) is 13.6. The summed E-state index contributed by atoms with van der Waals surface area (Å²) in [7, 11) is 5.65.